The van der Waals surface area contributed by atoms with Crippen molar-refractivity contribution in [2.45, 2.75) is 6.18 Å². The number of amides is 3. The molecule has 2 rings (SSSR count). The summed E-state index contributed by atoms with van der Waals surface area (Å²) in [6.07, 6.45) is -4.58. The summed E-state index contributed by atoms with van der Waals surface area (Å²) in [7, 11) is 0. The number of benzene rings is 1. The number of hydrogen-bond acceptors (Lipinski definition) is 5. The molecule has 0 spiro atoms. The van der Waals surface area contributed by atoms with E-state index in [-0.39, 0.29) is 15.7 Å². The Labute approximate surface area is 154 Å². The van der Waals surface area contributed by atoms with Crippen molar-refractivity contribution in [3.63, 3.8) is 0 Å². The number of aromatic nitrogens is 2. The van der Waals surface area contributed by atoms with Crippen molar-refractivity contribution < 1.29 is 27.5 Å². The van der Waals surface area contributed by atoms with E-state index >= 15 is 0 Å². The summed E-state index contributed by atoms with van der Waals surface area (Å²) in [5.74, 6) is -1.77. The van der Waals surface area contributed by atoms with Gasteiger partial charge in [-0.25, -0.2) is 9.78 Å². The number of nitrogens with zero attached hydrogens (tertiary/aromatic N) is 2. The van der Waals surface area contributed by atoms with Crippen molar-refractivity contribution in [2.24, 2.45) is 0 Å². The van der Waals surface area contributed by atoms with E-state index < -0.39 is 36.5 Å². The Morgan fingerprint density at radius 1 is 1.15 bits per heavy atom. The molecule has 138 valence electrons. The zero-order valence-corrected chi connectivity index (χ0v) is 14.1. The molecule has 2 aromatic rings. The van der Waals surface area contributed by atoms with E-state index in [0.717, 1.165) is 6.07 Å². The van der Waals surface area contributed by atoms with Gasteiger partial charge < -0.3 is 4.74 Å². The molecule has 1 heterocycles. The number of ether oxygens (including phenoxy) is 1. The van der Waals surface area contributed by atoms with E-state index in [1.54, 1.807) is 12.1 Å². The van der Waals surface area contributed by atoms with E-state index in [4.69, 9.17) is 23.2 Å². The molecule has 0 fully saturated rings. The summed E-state index contributed by atoms with van der Waals surface area (Å²) < 4.78 is 40.9. The highest BCUT2D eigenvalue weighted by molar-refractivity contribution is 6.34. The number of carbonyl (C=O) groups is 2. The fourth-order valence-corrected chi connectivity index (χ4v) is 2.03. The maximum Gasteiger partial charge on any atom is 0.422 e. The van der Waals surface area contributed by atoms with Crippen LogP contribution in [0.2, 0.25) is 10.2 Å². The highest BCUT2D eigenvalue weighted by atomic mass is 35.5. The molecular formula is C14H9Cl2F3N4O3. The van der Waals surface area contributed by atoms with Crippen LogP contribution in [0.25, 0.3) is 0 Å². The molecule has 2 N–H and O–H groups in total. The average molecular weight is 409 g/mol. The molecular weight excluding hydrogens is 400 g/mol. The zero-order chi connectivity index (χ0) is 19.3. The highest BCUT2D eigenvalue weighted by Crippen LogP contribution is 2.20. The number of hydrogen-bond donors (Lipinski definition) is 2. The third kappa shape index (κ3) is 6.05. The summed E-state index contributed by atoms with van der Waals surface area (Å²) in [5, 5.41) is 3.87. The molecule has 0 aliphatic carbocycles. The predicted octanol–water partition coefficient (Wildman–Crippen LogP) is 3.69. The summed E-state index contributed by atoms with van der Waals surface area (Å²) in [5.41, 5.74) is 0.0468. The summed E-state index contributed by atoms with van der Waals surface area (Å²) in [6, 6.07) is 5.89. The molecule has 3 amide bonds. The second-order valence-electron chi connectivity index (χ2n) is 4.64. The van der Waals surface area contributed by atoms with Crippen LogP contribution in [0.3, 0.4) is 0 Å². The van der Waals surface area contributed by atoms with Gasteiger partial charge in [-0.3, -0.25) is 15.4 Å². The second kappa shape index (κ2) is 8.19. The number of anilines is 1. The molecule has 0 aliphatic rings. The third-order valence-electron chi connectivity index (χ3n) is 2.63. The Kier molecular flexibility index (Phi) is 6.22. The largest absolute Gasteiger partial charge is 0.468 e. The minimum Gasteiger partial charge on any atom is -0.468 e. The molecule has 0 aliphatic heterocycles. The Morgan fingerprint density at radius 2 is 1.85 bits per heavy atom. The second-order valence-corrected chi connectivity index (χ2v) is 5.44. The van der Waals surface area contributed by atoms with Gasteiger partial charge in [0.2, 0.25) is 11.8 Å². The van der Waals surface area contributed by atoms with Crippen LogP contribution in [0, 0.1) is 0 Å². The van der Waals surface area contributed by atoms with Crippen LogP contribution in [0.4, 0.5) is 23.9 Å². The van der Waals surface area contributed by atoms with Gasteiger partial charge in [0.05, 0.1) is 10.6 Å². The molecule has 0 saturated heterocycles. The SMILES string of the molecule is O=C(NC(=O)c1ccccc1Cl)Nc1nc(Cl)cc(OCC(F)(F)F)n1. The number of carbonyl (C=O) groups excluding carboxylic acids is 2. The van der Waals surface area contributed by atoms with Crippen LogP contribution in [0.5, 0.6) is 5.88 Å². The quantitative estimate of drug-likeness (QED) is 0.752. The van der Waals surface area contributed by atoms with Crippen molar-refractivity contribution in [2.75, 3.05) is 11.9 Å². The standard InChI is InChI=1S/C14H9Cl2F3N4O3/c15-8-4-2-1-3-7(8)11(24)22-13(25)23-12-20-9(16)5-10(21-12)26-6-14(17,18)19/h1-5H,6H2,(H2,20,21,22,23,24,25). The Balaban J connectivity index is 2.03. The maximum absolute atomic E-state index is 12.2. The molecule has 0 saturated carbocycles. The monoisotopic (exact) mass is 408 g/mol. The molecule has 26 heavy (non-hydrogen) atoms. The lowest BCUT2D eigenvalue weighted by molar-refractivity contribution is -0.154. The van der Waals surface area contributed by atoms with Crippen molar-refractivity contribution in [1.82, 2.24) is 15.3 Å². The Hall–Kier alpha value is -2.59. The highest BCUT2D eigenvalue weighted by Gasteiger charge is 2.29. The van der Waals surface area contributed by atoms with Crippen molar-refractivity contribution in [1.29, 1.82) is 0 Å². The van der Waals surface area contributed by atoms with Crippen molar-refractivity contribution in [3.05, 3.63) is 46.1 Å². The van der Waals surface area contributed by atoms with Gasteiger partial charge in [-0.15, -0.1) is 0 Å². The molecule has 0 unspecified atom stereocenters. The average Bonchev–Trinajstić information content (AvgIpc) is 2.52. The lowest BCUT2D eigenvalue weighted by atomic mass is 10.2. The lowest BCUT2D eigenvalue weighted by Crippen LogP contribution is -2.35. The summed E-state index contributed by atoms with van der Waals surface area (Å²) in [4.78, 5) is 30.9. The number of alkyl halides is 3. The molecule has 1 aromatic carbocycles. The van der Waals surface area contributed by atoms with Gasteiger partial charge in [0.25, 0.3) is 5.91 Å². The molecule has 0 bridgehead atoms. The van der Waals surface area contributed by atoms with Crippen LogP contribution >= 0.6 is 23.2 Å². The number of rotatable bonds is 4. The van der Waals surface area contributed by atoms with Crippen LogP contribution < -0.4 is 15.4 Å². The first kappa shape index (κ1) is 19.7. The minimum atomic E-state index is -4.58. The smallest absolute Gasteiger partial charge is 0.422 e. The number of nitrogens with one attached hydrogen (secondary N) is 2. The Morgan fingerprint density at radius 3 is 2.50 bits per heavy atom. The van der Waals surface area contributed by atoms with Crippen molar-refractivity contribution in [3.8, 4) is 5.88 Å². The fourth-order valence-electron chi connectivity index (χ4n) is 1.63. The first-order valence-electron chi connectivity index (χ1n) is 6.75. The first-order chi connectivity index (χ1) is 12.1. The molecule has 1 aromatic heterocycles. The fraction of sp³-hybridized carbons (Fsp3) is 0.143. The van der Waals surface area contributed by atoms with Crippen LogP contribution in [-0.2, 0) is 0 Å². The predicted molar refractivity (Wildman–Crippen MR) is 86.5 cm³/mol. The van der Waals surface area contributed by atoms with Gasteiger partial charge >= 0.3 is 12.2 Å². The summed E-state index contributed by atoms with van der Waals surface area (Å²) in [6.45, 7) is -1.60. The van der Waals surface area contributed by atoms with Gasteiger partial charge in [-0.1, -0.05) is 35.3 Å². The molecule has 0 atom stereocenters. The van der Waals surface area contributed by atoms with Gasteiger partial charge in [0, 0.05) is 6.07 Å². The first-order valence-corrected chi connectivity index (χ1v) is 7.50. The lowest BCUT2D eigenvalue weighted by Gasteiger charge is -2.10. The number of urea groups is 1. The van der Waals surface area contributed by atoms with E-state index in [1.807, 2.05) is 5.32 Å². The molecule has 12 heteroatoms. The van der Waals surface area contributed by atoms with E-state index in [2.05, 4.69) is 20.0 Å². The van der Waals surface area contributed by atoms with Gasteiger partial charge in [-0.2, -0.15) is 18.2 Å². The Bertz CT molecular complexity index is 833. The van der Waals surface area contributed by atoms with E-state index in [1.165, 1.54) is 12.1 Å². The van der Waals surface area contributed by atoms with Gasteiger partial charge in [0.15, 0.2) is 6.61 Å². The molecule has 0 radical (unpaired) electrons. The van der Waals surface area contributed by atoms with Crippen LogP contribution in [0.15, 0.2) is 30.3 Å². The number of halogens is 5. The van der Waals surface area contributed by atoms with E-state index in [0.29, 0.717) is 0 Å². The zero-order valence-electron chi connectivity index (χ0n) is 12.6. The van der Waals surface area contributed by atoms with Gasteiger partial charge in [0.1, 0.15) is 5.15 Å². The third-order valence-corrected chi connectivity index (χ3v) is 3.15. The van der Waals surface area contributed by atoms with Crippen LogP contribution in [0.1, 0.15) is 10.4 Å². The van der Waals surface area contributed by atoms with E-state index in [9.17, 15) is 22.8 Å². The molecule has 7 nitrogen and oxygen atoms in total. The van der Waals surface area contributed by atoms with Crippen molar-refractivity contribution >= 4 is 41.1 Å². The number of imide groups is 1. The van der Waals surface area contributed by atoms with Crippen LogP contribution in [-0.4, -0.2) is 34.7 Å². The minimum absolute atomic E-state index is 0.0468. The topological polar surface area (TPSA) is 93.2 Å². The maximum atomic E-state index is 12.2. The summed E-state index contributed by atoms with van der Waals surface area (Å²) >= 11 is 11.5. The normalized spacial score (nSPS) is 11.0. The van der Waals surface area contributed by atoms with Gasteiger partial charge in [-0.05, 0) is 12.1 Å².